The quantitative estimate of drug-likeness (QED) is 0.778. The fourth-order valence-corrected chi connectivity index (χ4v) is 3.93. The lowest BCUT2D eigenvalue weighted by molar-refractivity contribution is -0.132. The number of rotatable bonds is 7. The van der Waals surface area contributed by atoms with Crippen LogP contribution in [0.25, 0.3) is 0 Å². The molecule has 2 aliphatic rings. The Kier molecular flexibility index (Phi) is 7.56. The van der Waals surface area contributed by atoms with Crippen molar-refractivity contribution in [2.45, 2.75) is 71.1 Å². The van der Waals surface area contributed by atoms with Crippen molar-refractivity contribution in [2.24, 2.45) is 11.8 Å². The number of nitrogens with one attached hydrogen (secondary N) is 1. The van der Waals surface area contributed by atoms with E-state index in [0.717, 1.165) is 57.3 Å². The van der Waals surface area contributed by atoms with Gasteiger partial charge in [-0.15, -0.1) is 0 Å². The number of piperidine rings is 1. The minimum absolute atomic E-state index is 0.418. The lowest BCUT2D eigenvalue weighted by Gasteiger charge is -2.30. The van der Waals surface area contributed by atoms with Gasteiger partial charge in [-0.3, -0.25) is 4.79 Å². The third kappa shape index (κ3) is 5.98. The van der Waals surface area contributed by atoms with Gasteiger partial charge in [-0.2, -0.15) is 0 Å². The molecule has 1 aliphatic carbocycles. The van der Waals surface area contributed by atoms with Gasteiger partial charge in [-0.1, -0.05) is 39.0 Å². The highest BCUT2D eigenvalue weighted by atomic mass is 16.2. The molecule has 0 unspecified atom stereocenters. The minimum Gasteiger partial charge on any atom is -0.342 e. The predicted molar refractivity (Wildman–Crippen MR) is 88.3 cm³/mol. The number of amides is 1. The molecule has 0 spiro atoms. The van der Waals surface area contributed by atoms with E-state index in [-0.39, 0.29) is 0 Å². The van der Waals surface area contributed by atoms with E-state index >= 15 is 0 Å². The summed E-state index contributed by atoms with van der Waals surface area (Å²) >= 11 is 0. The van der Waals surface area contributed by atoms with Gasteiger partial charge in [-0.05, 0) is 50.6 Å². The van der Waals surface area contributed by atoms with Crippen molar-refractivity contribution in [1.29, 1.82) is 0 Å². The van der Waals surface area contributed by atoms with Crippen molar-refractivity contribution in [3.05, 3.63) is 0 Å². The van der Waals surface area contributed by atoms with Crippen LogP contribution in [0.1, 0.15) is 71.1 Å². The summed E-state index contributed by atoms with van der Waals surface area (Å²) in [6.45, 7) is 6.39. The van der Waals surface area contributed by atoms with Crippen molar-refractivity contribution in [1.82, 2.24) is 10.2 Å². The molecular weight excluding hydrogens is 260 g/mol. The lowest BCUT2D eigenvalue weighted by Crippen LogP contribution is -2.39. The normalized spacial score (nSPS) is 21.4. The molecule has 0 atom stereocenters. The maximum Gasteiger partial charge on any atom is 0.222 e. The van der Waals surface area contributed by atoms with Gasteiger partial charge in [0.1, 0.15) is 0 Å². The Morgan fingerprint density at radius 1 is 1.05 bits per heavy atom. The topological polar surface area (TPSA) is 32.3 Å². The summed E-state index contributed by atoms with van der Waals surface area (Å²) in [5, 5.41) is 3.41. The van der Waals surface area contributed by atoms with E-state index in [2.05, 4.69) is 17.1 Å². The smallest absolute Gasteiger partial charge is 0.222 e. The Bertz CT molecular complexity index is 294. The van der Waals surface area contributed by atoms with Crippen LogP contribution < -0.4 is 5.32 Å². The van der Waals surface area contributed by atoms with Gasteiger partial charge in [0.25, 0.3) is 0 Å². The fraction of sp³-hybridized carbons (Fsp3) is 0.944. The van der Waals surface area contributed by atoms with E-state index in [1.807, 2.05) is 0 Å². The monoisotopic (exact) mass is 294 g/mol. The third-order valence-electron chi connectivity index (χ3n) is 5.27. The first kappa shape index (κ1) is 16.8. The van der Waals surface area contributed by atoms with Crippen LogP contribution in [0, 0.1) is 11.8 Å². The lowest BCUT2D eigenvalue weighted by atomic mass is 9.86. The fourth-order valence-electron chi connectivity index (χ4n) is 3.93. The van der Waals surface area contributed by atoms with Crippen molar-refractivity contribution in [3.63, 3.8) is 0 Å². The van der Waals surface area contributed by atoms with Crippen LogP contribution in [0.15, 0.2) is 0 Å². The Balaban J connectivity index is 1.74. The van der Waals surface area contributed by atoms with Crippen LogP contribution in [0.3, 0.4) is 0 Å². The van der Waals surface area contributed by atoms with E-state index in [1.54, 1.807) is 0 Å². The molecule has 122 valence electrons. The maximum absolute atomic E-state index is 12.6. The van der Waals surface area contributed by atoms with Gasteiger partial charge in [0.15, 0.2) is 0 Å². The van der Waals surface area contributed by atoms with Crippen LogP contribution in [0.4, 0.5) is 0 Å². The van der Waals surface area contributed by atoms with Crippen molar-refractivity contribution < 1.29 is 4.79 Å². The van der Waals surface area contributed by atoms with Crippen LogP contribution in [-0.4, -0.2) is 37.0 Å². The predicted octanol–water partition coefficient (Wildman–Crippen LogP) is 3.59. The molecule has 2 rings (SSSR count). The van der Waals surface area contributed by atoms with Gasteiger partial charge in [-0.25, -0.2) is 0 Å². The number of hydrogen-bond donors (Lipinski definition) is 1. The van der Waals surface area contributed by atoms with Crippen LogP contribution in [0.2, 0.25) is 0 Å². The van der Waals surface area contributed by atoms with Crippen LogP contribution in [0.5, 0.6) is 0 Å². The second-order valence-corrected chi connectivity index (χ2v) is 7.08. The molecule has 1 amide bonds. The Hall–Kier alpha value is -0.570. The average Bonchev–Trinajstić information content (AvgIpc) is 2.54. The molecule has 2 fully saturated rings. The molecule has 3 heteroatoms. The zero-order valence-electron chi connectivity index (χ0n) is 13.9. The molecule has 3 nitrogen and oxygen atoms in total. The highest BCUT2D eigenvalue weighted by Gasteiger charge is 2.21. The number of carbonyl (C=O) groups excluding carboxylic acids is 1. The second-order valence-electron chi connectivity index (χ2n) is 7.08. The summed E-state index contributed by atoms with van der Waals surface area (Å²) in [6.07, 6.45) is 12.3. The summed E-state index contributed by atoms with van der Waals surface area (Å²) in [5.41, 5.74) is 0. The highest BCUT2D eigenvalue weighted by molar-refractivity contribution is 5.76. The van der Waals surface area contributed by atoms with Crippen LogP contribution in [-0.2, 0) is 4.79 Å². The molecule has 0 radical (unpaired) electrons. The molecule has 0 aromatic rings. The maximum atomic E-state index is 12.6. The van der Waals surface area contributed by atoms with Gasteiger partial charge < -0.3 is 10.2 Å². The first-order valence-corrected chi connectivity index (χ1v) is 9.28. The van der Waals surface area contributed by atoms with E-state index in [1.165, 1.54) is 44.9 Å². The zero-order valence-corrected chi connectivity index (χ0v) is 13.9. The second kappa shape index (κ2) is 9.45. The zero-order chi connectivity index (χ0) is 14.9. The SMILES string of the molecule is CCCN(CC1CCNCC1)C(=O)CCC1CCCCC1. The van der Waals surface area contributed by atoms with Crippen molar-refractivity contribution in [2.75, 3.05) is 26.2 Å². The van der Waals surface area contributed by atoms with Gasteiger partial charge >= 0.3 is 0 Å². The molecule has 1 heterocycles. The molecule has 1 aliphatic heterocycles. The van der Waals surface area contributed by atoms with Crippen LogP contribution >= 0.6 is 0 Å². The van der Waals surface area contributed by atoms with E-state index < -0.39 is 0 Å². The molecule has 1 N–H and O–H groups in total. The molecule has 0 bridgehead atoms. The number of hydrogen-bond acceptors (Lipinski definition) is 2. The highest BCUT2D eigenvalue weighted by Crippen LogP contribution is 2.27. The summed E-state index contributed by atoms with van der Waals surface area (Å²) in [4.78, 5) is 14.7. The van der Waals surface area contributed by atoms with E-state index in [9.17, 15) is 4.79 Å². The first-order chi connectivity index (χ1) is 10.3. The average molecular weight is 294 g/mol. The molecule has 21 heavy (non-hydrogen) atoms. The Morgan fingerprint density at radius 2 is 1.76 bits per heavy atom. The number of carbonyl (C=O) groups is 1. The third-order valence-corrected chi connectivity index (χ3v) is 5.27. The summed E-state index contributed by atoms with van der Waals surface area (Å²) in [6, 6.07) is 0. The molecular formula is C18H34N2O. The molecule has 0 aromatic carbocycles. The van der Waals surface area contributed by atoms with Crippen molar-refractivity contribution in [3.8, 4) is 0 Å². The van der Waals surface area contributed by atoms with E-state index in [0.29, 0.717) is 5.91 Å². The largest absolute Gasteiger partial charge is 0.342 e. The first-order valence-electron chi connectivity index (χ1n) is 9.28. The Labute approximate surface area is 130 Å². The molecule has 1 saturated carbocycles. The van der Waals surface area contributed by atoms with Gasteiger partial charge in [0, 0.05) is 19.5 Å². The Morgan fingerprint density at radius 3 is 2.43 bits per heavy atom. The van der Waals surface area contributed by atoms with Crippen molar-refractivity contribution >= 4 is 5.91 Å². The van der Waals surface area contributed by atoms with Gasteiger partial charge in [0.2, 0.25) is 5.91 Å². The molecule has 0 aromatic heterocycles. The van der Waals surface area contributed by atoms with Gasteiger partial charge in [0.05, 0.1) is 0 Å². The summed E-state index contributed by atoms with van der Waals surface area (Å²) in [7, 11) is 0. The van der Waals surface area contributed by atoms with E-state index in [4.69, 9.17) is 0 Å². The summed E-state index contributed by atoms with van der Waals surface area (Å²) < 4.78 is 0. The number of nitrogens with zero attached hydrogens (tertiary/aromatic N) is 1. The minimum atomic E-state index is 0.418. The summed E-state index contributed by atoms with van der Waals surface area (Å²) in [5.74, 6) is 1.96. The molecule has 1 saturated heterocycles. The standard InChI is InChI=1S/C18H34N2O/c1-2-14-20(15-17-10-12-19-13-11-17)18(21)9-8-16-6-4-3-5-7-16/h16-17,19H,2-15H2,1H3.